The van der Waals surface area contributed by atoms with Gasteiger partial charge in [-0.25, -0.2) is 0 Å². The number of aliphatic hydroxyl groups is 1. The first-order valence-corrected chi connectivity index (χ1v) is 6.89. The van der Waals surface area contributed by atoms with Crippen LogP contribution in [-0.2, 0) is 0 Å². The lowest BCUT2D eigenvalue weighted by Crippen LogP contribution is -2.45. The van der Waals surface area contributed by atoms with Crippen LogP contribution in [0, 0.1) is 0 Å². The summed E-state index contributed by atoms with van der Waals surface area (Å²) in [6, 6.07) is 5.46. The van der Waals surface area contributed by atoms with Crippen LogP contribution < -0.4 is 5.73 Å². The van der Waals surface area contributed by atoms with Crippen LogP contribution >= 0.6 is 15.9 Å². The van der Waals surface area contributed by atoms with Gasteiger partial charge in [-0.2, -0.15) is 0 Å². The molecule has 2 rings (SSSR count). The number of aliphatic hydroxyl groups excluding tert-OH is 1. The summed E-state index contributed by atoms with van der Waals surface area (Å²) in [6.45, 7) is 0.393. The molecule has 4 nitrogen and oxygen atoms in total. The number of nitrogens with two attached hydrogens (primary N) is 1. The zero-order valence-electron chi connectivity index (χ0n) is 10.1. The Balaban J connectivity index is 2.18. The molecule has 0 radical (unpaired) electrons. The highest BCUT2D eigenvalue weighted by molar-refractivity contribution is 9.10. The van der Waals surface area contributed by atoms with Gasteiger partial charge in [0.15, 0.2) is 0 Å². The van der Waals surface area contributed by atoms with Gasteiger partial charge >= 0.3 is 0 Å². The third-order valence-corrected chi connectivity index (χ3v) is 4.05. The molecule has 0 bridgehead atoms. The molecule has 98 valence electrons. The van der Waals surface area contributed by atoms with Crippen molar-refractivity contribution in [3.8, 4) is 0 Å². The molecule has 1 aliphatic rings. The van der Waals surface area contributed by atoms with E-state index < -0.39 is 0 Å². The minimum atomic E-state index is -0.0329. The van der Waals surface area contributed by atoms with Crippen molar-refractivity contribution in [2.45, 2.75) is 25.3 Å². The zero-order valence-corrected chi connectivity index (χ0v) is 11.7. The van der Waals surface area contributed by atoms with E-state index in [4.69, 9.17) is 10.8 Å². The van der Waals surface area contributed by atoms with Crippen LogP contribution in [-0.4, -0.2) is 35.1 Å². The quantitative estimate of drug-likeness (QED) is 0.836. The van der Waals surface area contributed by atoms with Crippen molar-refractivity contribution in [2.75, 3.05) is 18.9 Å². The minimum absolute atomic E-state index is 0.00161. The fraction of sp³-hybridized carbons (Fsp3) is 0.462. The molecule has 0 atom stereocenters. The predicted octanol–water partition coefficient (Wildman–Crippen LogP) is 2.02. The molecule has 1 fully saturated rings. The molecule has 0 spiro atoms. The molecule has 1 aromatic rings. The van der Waals surface area contributed by atoms with Crippen LogP contribution in [0.5, 0.6) is 0 Å². The molecule has 0 aromatic heterocycles. The molecule has 0 saturated heterocycles. The van der Waals surface area contributed by atoms with Crippen LogP contribution in [0.2, 0.25) is 0 Å². The zero-order chi connectivity index (χ0) is 13.1. The normalized spacial score (nSPS) is 15.2. The Hall–Kier alpha value is -1.07. The van der Waals surface area contributed by atoms with E-state index in [-0.39, 0.29) is 18.6 Å². The molecule has 1 aliphatic carbocycles. The van der Waals surface area contributed by atoms with Gasteiger partial charge in [-0.15, -0.1) is 0 Å². The summed E-state index contributed by atoms with van der Waals surface area (Å²) in [5.74, 6) is -0.0329. The summed E-state index contributed by atoms with van der Waals surface area (Å²) >= 11 is 3.33. The van der Waals surface area contributed by atoms with Gasteiger partial charge in [0.05, 0.1) is 6.61 Å². The molecule has 0 aliphatic heterocycles. The Labute approximate surface area is 115 Å². The van der Waals surface area contributed by atoms with E-state index in [1.165, 1.54) is 0 Å². The summed E-state index contributed by atoms with van der Waals surface area (Å²) in [5.41, 5.74) is 6.93. The van der Waals surface area contributed by atoms with Crippen molar-refractivity contribution in [3.05, 3.63) is 28.2 Å². The van der Waals surface area contributed by atoms with E-state index in [1.807, 2.05) is 0 Å². The van der Waals surface area contributed by atoms with Crippen LogP contribution in [0.4, 0.5) is 5.69 Å². The van der Waals surface area contributed by atoms with Crippen molar-refractivity contribution in [1.82, 2.24) is 4.90 Å². The number of halogens is 1. The Kier molecular flexibility index (Phi) is 4.24. The van der Waals surface area contributed by atoms with Crippen molar-refractivity contribution in [3.63, 3.8) is 0 Å². The second-order valence-electron chi connectivity index (χ2n) is 4.54. The Morgan fingerprint density at radius 2 is 2.22 bits per heavy atom. The topological polar surface area (TPSA) is 66.6 Å². The third-order valence-electron chi connectivity index (χ3n) is 3.36. The summed E-state index contributed by atoms with van der Waals surface area (Å²) < 4.78 is 0.728. The minimum Gasteiger partial charge on any atom is -0.398 e. The van der Waals surface area contributed by atoms with E-state index in [9.17, 15) is 4.79 Å². The second kappa shape index (κ2) is 5.71. The maximum absolute atomic E-state index is 12.4. The average Bonchev–Trinajstić information content (AvgIpc) is 2.29. The van der Waals surface area contributed by atoms with Gasteiger partial charge < -0.3 is 15.7 Å². The van der Waals surface area contributed by atoms with Crippen molar-refractivity contribution in [2.24, 2.45) is 0 Å². The molecule has 18 heavy (non-hydrogen) atoms. The van der Waals surface area contributed by atoms with Gasteiger partial charge in [0, 0.05) is 28.3 Å². The van der Waals surface area contributed by atoms with Crippen LogP contribution in [0.1, 0.15) is 29.6 Å². The van der Waals surface area contributed by atoms with Crippen LogP contribution in [0.15, 0.2) is 22.7 Å². The fourth-order valence-electron chi connectivity index (χ4n) is 2.08. The van der Waals surface area contributed by atoms with E-state index in [1.54, 1.807) is 23.1 Å². The molecule has 3 N–H and O–H groups in total. The van der Waals surface area contributed by atoms with Gasteiger partial charge in [0.1, 0.15) is 0 Å². The maximum atomic E-state index is 12.4. The lowest BCUT2D eigenvalue weighted by Gasteiger charge is -2.37. The van der Waals surface area contributed by atoms with Crippen molar-refractivity contribution < 1.29 is 9.90 Å². The molecule has 1 saturated carbocycles. The Bertz CT molecular complexity index is 447. The van der Waals surface area contributed by atoms with Crippen LogP contribution in [0.25, 0.3) is 0 Å². The predicted molar refractivity (Wildman–Crippen MR) is 74.3 cm³/mol. The largest absolute Gasteiger partial charge is 0.398 e. The number of hydrogen-bond donors (Lipinski definition) is 2. The standard InChI is InChI=1S/C13H17BrN2O2/c14-11-8-9(4-5-12(11)15)13(18)16(6-7-17)10-2-1-3-10/h4-5,8,10,17H,1-3,6-7,15H2. The van der Waals surface area contributed by atoms with E-state index in [0.717, 1.165) is 23.7 Å². The smallest absolute Gasteiger partial charge is 0.254 e. The molecule has 1 aromatic carbocycles. The highest BCUT2D eigenvalue weighted by Crippen LogP contribution is 2.27. The summed E-state index contributed by atoms with van der Waals surface area (Å²) in [7, 11) is 0. The fourth-order valence-corrected chi connectivity index (χ4v) is 2.46. The summed E-state index contributed by atoms with van der Waals surface area (Å²) in [5, 5.41) is 9.08. The van der Waals surface area contributed by atoms with Gasteiger partial charge in [-0.3, -0.25) is 4.79 Å². The van der Waals surface area contributed by atoms with Gasteiger partial charge in [0.2, 0.25) is 0 Å². The average molecular weight is 313 g/mol. The van der Waals surface area contributed by atoms with Gasteiger partial charge in [-0.05, 0) is 53.4 Å². The third kappa shape index (κ3) is 2.67. The first kappa shape index (κ1) is 13.4. The van der Waals surface area contributed by atoms with E-state index in [2.05, 4.69) is 15.9 Å². The number of nitrogen functional groups attached to an aromatic ring is 1. The Morgan fingerprint density at radius 3 is 2.72 bits per heavy atom. The first-order chi connectivity index (χ1) is 8.63. The molecular formula is C13H17BrN2O2. The molecule has 0 heterocycles. The lowest BCUT2D eigenvalue weighted by molar-refractivity contribution is 0.0526. The summed E-state index contributed by atoms with van der Waals surface area (Å²) in [4.78, 5) is 14.2. The SMILES string of the molecule is Nc1ccc(C(=O)N(CCO)C2CCC2)cc1Br. The number of hydrogen-bond acceptors (Lipinski definition) is 3. The number of rotatable bonds is 4. The molecular weight excluding hydrogens is 296 g/mol. The monoisotopic (exact) mass is 312 g/mol. The van der Waals surface area contributed by atoms with E-state index >= 15 is 0 Å². The number of anilines is 1. The highest BCUT2D eigenvalue weighted by Gasteiger charge is 2.29. The highest BCUT2D eigenvalue weighted by atomic mass is 79.9. The van der Waals surface area contributed by atoms with Gasteiger partial charge in [-0.1, -0.05) is 0 Å². The van der Waals surface area contributed by atoms with Gasteiger partial charge in [0.25, 0.3) is 5.91 Å². The van der Waals surface area contributed by atoms with E-state index in [0.29, 0.717) is 17.8 Å². The molecule has 5 heteroatoms. The molecule has 0 unspecified atom stereocenters. The maximum Gasteiger partial charge on any atom is 0.254 e. The number of nitrogens with zero attached hydrogens (tertiary/aromatic N) is 1. The van der Waals surface area contributed by atoms with Crippen molar-refractivity contribution in [1.29, 1.82) is 0 Å². The first-order valence-electron chi connectivity index (χ1n) is 6.10. The number of amides is 1. The number of carbonyl (C=O) groups excluding carboxylic acids is 1. The second-order valence-corrected chi connectivity index (χ2v) is 5.40. The number of benzene rings is 1. The van der Waals surface area contributed by atoms with Crippen molar-refractivity contribution >= 4 is 27.5 Å². The summed E-state index contributed by atoms with van der Waals surface area (Å²) in [6.07, 6.45) is 3.22. The van der Waals surface area contributed by atoms with Crippen LogP contribution in [0.3, 0.4) is 0 Å². The molecule has 1 amide bonds. The number of carbonyl (C=O) groups is 1. The Morgan fingerprint density at radius 1 is 1.50 bits per heavy atom. The lowest BCUT2D eigenvalue weighted by atomic mass is 9.91.